The van der Waals surface area contributed by atoms with Crippen LogP contribution in [0.2, 0.25) is 0 Å². The average molecular weight is 316 g/mol. The molecule has 0 fully saturated rings. The van der Waals surface area contributed by atoms with E-state index in [0.717, 1.165) is 24.8 Å². The molecule has 7 heteroatoms. The summed E-state index contributed by atoms with van der Waals surface area (Å²) in [7, 11) is 0. The Bertz CT molecular complexity index is 386. The summed E-state index contributed by atoms with van der Waals surface area (Å²) in [4.78, 5) is 0. The zero-order chi connectivity index (χ0) is 14.5. The highest BCUT2D eigenvalue weighted by molar-refractivity contribution is 5.85. The van der Waals surface area contributed by atoms with Gasteiger partial charge in [0.15, 0.2) is 0 Å². The van der Waals surface area contributed by atoms with E-state index in [-0.39, 0.29) is 24.2 Å². The SMILES string of the molecule is CCCC[C@@H](N)c1ccc(OC(F)(F)C(F)F)cc1.Cl. The molecule has 0 unspecified atom stereocenters. The second kappa shape index (κ2) is 8.32. The van der Waals surface area contributed by atoms with Crippen LogP contribution in [0.15, 0.2) is 24.3 Å². The second-order valence-electron chi connectivity index (χ2n) is 4.28. The Kier molecular flexibility index (Phi) is 7.90. The molecule has 2 N–H and O–H groups in total. The first-order valence-electron chi connectivity index (χ1n) is 6.07. The van der Waals surface area contributed by atoms with Crippen LogP contribution in [0.3, 0.4) is 0 Å². The molecule has 0 amide bonds. The van der Waals surface area contributed by atoms with Crippen LogP contribution in [-0.2, 0) is 0 Å². The maximum absolute atomic E-state index is 12.7. The first-order chi connectivity index (χ1) is 8.86. The number of hydrogen-bond donors (Lipinski definition) is 1. The van der Waals surface area contributed by atoms with E-state index in [1.807, 2.05) is 6.92 Å². The second-order valence-corrected chi connectivity index (χ2v) is 4.28. The molecule has 2 nitrogen and oxygen atoms in total. The van der Waals surface area contributed by atoms with Crippen molar-refractivity contribution < 1.29 is 22.3 Å². The number of rotatable bonds is 7. The fourth-order valence-corrected chi connectivity index (χ4v) is 1.58. The molecule has 0 spiro atoms. The van der Waals surface area contributed by atoms with Gasteiger partial charge in [-0.05, 0) is 24.1 Å². The van der Waals surface area contributed by atoms with Crippen LogP contribution >= 0.6 is 12.4 Å². The number of hydrogen-bond acceptors (Lipinski definition) is 2. The van der Waals surface area contributed by atoms with Gasteiger partial charge < -0.3 is 10.5 Å². The molecule has 0 bridgehead atoms. The number of ether oxygens (including phenoxy) is 1. The Morgan fingerprint density at radius 2 is 1.75 bits per heavy atom. The molecule has 0 aliphatic rings. The van der Waals surface area contributed by atoms with Gasteiger partial charge in [0.1, 0.15) is 5.75 Å². The van der Waals surface area contributed by atoms with Gasteiger partial charge in [-0.1, -0.05) is 31.9 Å². The monoisotopic (exact) mass is 315 g/mol. The first-order valence-corrected chi connectivity index (χ1v) is 6.07. The van der Waals surface area contributed by atoms with Crippen molar-refractivity contribution >= 4 is 12.4 Å². The van der Waals surface area contributed by atoms with E-state index in [4.69, 9.17) is 5.73 Å². The highest BCUT2D eigenvalue weighted by Gasteiger charge is 2.43. The van der Waals surface area contributed by atoms with Gasteiger partial charge in [0.05, 0.1) is 0 Å². The van der Waals surface area contributed by atoms with Crippen molar-refractivity contribution in [1.29, 1.82) is 0 Å². The Balaban J connectivity index is 0.00000361. The topological polar surface area (TPSA) is 35.2 Å². The molecule has 116 valence electrons. The van der Waals surface area contributed by atoms with Crippen LogP contribution in [0.25, 0.3) is 0 Å². The van der Waals surface area contributed by atoms with E-state index in [2.05, 4.69) is 4.74 Å². The largest absolute Gasteiger partial charge is 0.461 e. The lowest BCUT2D eigenvalue weighted by molar-refractivity contribution is -0.253. The van der Waals surface area contributed by atoms with Crippen molar-refractivity contribution in [2.24, 2.45) is 5.73 Å². The molecule has 1 atom stereocenters. The van der Waals surface area contributed by atoms with Crippen LogP contribution < -0.4 is 10.5 Å². The van der Waals surface area contributed by atoms with E-state index in [1.54, 1.807) is 0 Å². The number of nitrogens with two attached hydrogens (primary N) is 1. The number of unbranched alkanes of at least 4 members (excludes halogenated alkanes) is 1. The van der Waals surface area contributed by atoms with E-state index in [9.17, 15) is 17.6 Å². The molecule has 0 saturated carbocycles. The minimum absolute atomic E-state index is 0. The van der Waals surface area contributed by atoms with Crippen molar-refractivity contribution in [3.63, 3.8) is 0 Å². The summed E-state index contributed by atoms with van der Waals surface area (Å²) in [6.07, 6.45) is -5.59. The molecule has 0 aliphatic carbocycles. The molecular weight excluding hydrogens is 298 g/mol. The van der Waals surface area contributed by atoms with Gasteiger partial charge in [-0.3, -0.25) is 0 Å². The summed E-state index contributed by atoms with van der Waals surface area (Å²) in [6.45, 7) is 2.04. The van der Waals surface area contributed by atoms with Crippen molar-refractivity contribution in [3.05, 3.63) is 29.8 Å². The summed E-state index contributed by atoms with van der Waals surface area (Å²) in [5.41, 5.74) is 6.66. The molecular formula is C13H18ClF4NO. The molecule has 20 heavy (non-hydrogen) atoms. The summed E-state index contributed by atoms with van der Waals surface area (Å²) in [6, 6.07) is 5.27. The molecule has 0 heterocycles. The Labute approximate surface area is 121 Å². The van der Waals surface area contributed by atoms with E-state index in [1.165, 1.54) is 24.3 Å². The minimum Gasteiger partial charge on any atom is -0.428 e. The maximum Gasteiger partial charge on any atom is 0.461 e. The third-order valence-corrected chi connectivity index (χ3v) is 2.68. The van der Waals surface area contributed by atoms with E-state index >= 15 is 0 Å². The van der Waals surface area contributed by atoms with Crippen LogP contribution in [0.4, 0.5) is 17.6 Å². The summed E-state index contributed by atoms with van der Waals surface area (Å²) in [5.74, 6) is -0.309. The first kappa shape index (κ1) is 19.0. The van der Waals surface area contributed by atoms with E-state index < -0.39 is 12.5 Å². The fraction of sp³-hybridized carbons (Fsp3) is 0.538. The Morgan fingerprint density at radius 1 is 1.20 bits per heavy atom. The fourth-order valence-electron chi connectivity index (χ4n) is 1.58. The van der Waals surface area contributed by atoms with Crippen molar-refractivity contribution in [2.75, 3.05) is 0 Å². The van der Waals surface area contributed by atoms with Gasteiger partial charge in [0.2, 0.25) is 0 Å². The van der Waals surface area contributed by atoms with Gasteiger partial charge in [-0.15, -0.1) is 12.4 Å². The lowest BCUT2D eigenvalue weighted by atomic mass is 10.0. The third-order valence-electron chi connectivity index (χ3n) is 2.68. The molecule has 0 radical (unpaired) electrons. The van der Waals surface area contributed by atoms with Crippen molar-refractivity contribution in [3.8, 4) is 5.75 Å². The van der Waals surface area contributed by atoms with Gasteiger partial charge in [-0.25, -0.2) is 0 Å². The molecule has 1 aromatic rings. The van der Waals surface area contributed by atoms with Crippen molar-refractivity contribution in [2.45, 2.75) is 44.8 Å². The predicted molar refractivity (Wildman–Crippen MR) is 71.7 cm³/mol. The normalized spacial score (nSPS) is 12.9. The zero-order valence-corrected chi connectivity index (χ0v) is 11.8. The lowest BCUT2D eigenvalue weighted by Crippen LogP contribution is -2.33. The smallest absolute Gasteiger partial charge is 0.428 e. The van der Waals surface area contributed by atoms with E-state index in [0.29, 0.717) is 0 Å². The van der Waals surface area contributed by atoms with Gasteiger partial charge in [-0.2, -0.15) is 17.6 Å². The third kappa shape index (κ3) is 5.54. The van der Waals surface area contributed by atoms with Crippen LogP contribution in [-0.4, -0.2) is 12.5 Å². The minimum atomic E-state index is -4.48. The molecule has 0 aromatic heterocycles. The van der Waals surface area contributed by atoms with Gasteiger partial charge in [0, 0.05) is 6.04 Å². The molecule has 1 rings (SSSR count). The van der Waals surface area contributed by atoms with Crippen molar-refractivity contribution in [1.82, 2.24) is 0 Å². The summed E-state index contributed by atoms with van der Waals surface area (Å²) < 4.78 is 53.2. The standard InChI is InChI=1S/C13H17F4NO.ClH/c1-2-3-4-11(18)9-5-7-10(8-6-9)19-13(16,17)12(14)15;/h5-8,11-12H,2-4,18H2,1H3;1H/t11-;/m1./s1. The number of benzene rings is 1. The predicted octanol–water partition coefficient (Wildman–Crippen LogP) is 4.54. The maximum atomic E-state index is 12.7. The number of alkyl halides is 4. The van der Waals surface area contributed by atoms with Crippen LogP contribution in [0, 0.1) is 0 Å². The summed E-state index contributed by atoms with van der Waals surface area (Å²) in [5, 5.41) is 0. The van der Waals surface area contributed by atoms with Crippen LogP contribution in [0.1, 0.15) is 37.8 Å². The van der Waals surface area contributed by atoms with Gasteiger partial charge in [0.25, 0.3) is 0 Å². The average Bonchev–Trinajstić information content (AvgIpc) is 2.36. The quantitative estimate of drug-likeness (QED) is 0.750. The lowest BCUT2D eigenvalue weighted by Gasteiger charge is -2.17. The Hall–Kier alpha value is -1.01. The molecule has 1 aromatic carbocycles. The molecule has 0 saturated heterocycles. The number of halogens is 5. The summed E-state index contributed by atoms with van der Waals surface area (Å²) >= 11 is 0. The zero-order valence-electron chi connectivity index (χ0n) is 11.0. The van der Waals surface area contributed by atoms with Gasteiger partial charge >= 0.3 is 12.5 Å². The Morgan fingerprint density at radius 3 is 2.20 bits per heavy atom. The molecule has 0 aliphatic heterocycles. The highest BCUT2D eigenvalue weighted by atomic mass is 35.5. The highest BCUT2D eigenvalue weighted by Crippen LogP contribution is 2.28. The van der Waals surface area contributed by atoms with Crippen LogP contribution in [0.5, 0.6) is 5.75 Å².